The van der Waals surface area contributed by atoms with Gasteiger partial charge in [0.2, 0.25) is 15.9 Å². The van der Waals surface area contributed by atoms with Crippen LogP contribution in [0.15, 0.2) is 53.9 Å². The normalized spacial score (nSPS) is 15.4. The zero-order valence-corrected chi connectivity index (χ0v) is 20.7. The van der Waals surface area contributed by atoms with E-state index in [4.69, 9.17) is 0 Å². The molecule has 34 heavy (non-hydrogen) atoms. The van der Waals surface area contributed by atoms with Gasteiger partial charge in [0.25, 0.3) is 0 Å². The van der Waals surface area contributed by atoms with Gasteiger partial charge in [-0.3, -0.25) is 4.79 Å². The third-order valence-corrected chi connectivity index (χ3v) is 8.53. The Balaban J connectivity index is 1.30. The number of benzene rings is 2. The minimum atomic E-state index is -3.58. The van der Waals surface area contributed by atoms with Crippen molar-refractivity contribution < 1.29 is 13.2 Å². The van der Waals surface area contributed by atoms with Crippen molar-refractivity contribution in [3.63, 3.8) is 0 Å². The summed E-state index contributed by atoms with van der Waals surface area (Å²) in [6, 6.07) is 11.8. The van der Waals surface area contributed by atoms with Crippen molar-refractivity contribution >= 4 is 15.9 Å². The number of sulfonamides is 1. The second-order valence-corrected chi connectivity index (χ2v) is 10.9. The maximum atomic E-state index is 13.3. The number of carbonyl (C=O) groups is 1. The van der Waals surface area contributed by atoms with Crippen molar-refractivity contribution in [3.05, 3.63) is 76.9 Å². The van der Waals surface area contributed by atoms with Crippen LogP contribution in [0.2, 0.25) is 0 Å². The molecule has 0 unspecified atom stereocenters. The lowest BCUT2D eigenvalue weighted by Gasteiger charge is -2.31. The second-order valence-electron chi connectivity index (χ2n) is 9.03. The Morgan fingerprint density at radius 2 is 1.65 bits per heavy atom. The first-order valence-corrected chi connectivity index (χ1v) is 12.9. The van der Waals surface area contributed by atoms with Gasteiger partial charge in [-0.15, -0.1) is 0 Å². The van der Waals surface area contributed by atoms with E-state index in [0.29, 0.717) is 43.9 Å². The maximum absolute atomic E-state index is 13.3. The van der Waals surface area contributed by atoms with Crippen molar-refractivity contribution in [2.75, 3.05) is 13.1 Å². The molecule has 8 nitrogen and oxygen atoms in total. The van der Waals surface area contributed by atoms with E-state index in [1.807, 2.05) is 57.2 Å². The molecule has 1 N–H and O–H groups in total. The maximum Gasteiger partial charge on any atom is 0.243 e. The lowest BCUT2D eigenvalue weighted by atomic mass is 9.97. The van der Waals surface area contributed by atoms with E-state index in [1.54, 1.807) is 11.0 Å². The van der Waals surface area contributed by atoms with Gasteiger partial charge in [0, 0.05) is 25.6 Å². The molecule has 0 aliphatic carbocycles. The van der Waals surface area contributed by atoms with Crippen molar-refractivity contribution in [3.8, 4) is 0 Å². The summed E-state index contributed by atoms with van der Waals surface area (Å²) in [4.78, 5) is 17.1. The predicted octanol–water partition coefficient (Wildman–Crippen LogP) is 2.97. The Morgan fingerprint density at radius 3 is 2.24 bits per heavy atom. The van der Waals surface area contributed by atoms with E-state index in [2.05, 4.69) is 15.4 Å². The Hall–Kier alpha value is -3.04. The number of nitrogens with one attached hydrogen (secondary N) is 1. The fraction of sp³-hybridized carbons (Fsp3) is 0.400. The first-order valence-electron chi connectivity index (χ1n) is 11.5. The van der Waals surface area contributed by atoms with Gasteiger partial charge in [0.15, 0.2) is 0 Å². The van der Waals surface area contributed by atoms with E-state index in [1.165, 1.54) is 10.6 Å². The highest BCUT2D eigenvalue weighted by Crippen LogP contribution is 2.28. The summed E-state index contributed by atoms with van der Waals surface area (Å²) in [6.07, 6.45) is 4.22. The van der Waals surface area contributed by atoms with Crippen LogP contribution in [0.1, 0.15) is 40.7 Å². The highest BCUT2D eigenvalue weighted by molar-refractivity contribution is 7.89. The molecule has 2 aromatic carbocycles. The topological polar surface area (TPSA) is 97.2 Å². The third-order valence-electron chi connectivity index (χ3n) is 6.33. The minimum Gasteiger partial charge on any atom is -0.352 e. The number of hydrogen-bond acceptors (Lipinski definition) is 5. The van der Waals surface area contributed by atoms with Crippen molar-refractivity contribution in [1.29, 1.82) is 0 Å². The first kappa shape index (κ1) is 24.1. The summed E-state index contributed by atoms with van der Waals surface area (Å²) in [5, 5.41) is 7.11. The molecule has 1 aromatic heterocycles. The Kier molecular flexibility index (Phi) is 7.13. The molecule has 0 atom stereocenters. The van der Waals surface area contributed by atoms with Crippen LogP contribution in [0, 0.1) is 26.7 Å². The van der Waals surface area contributed by atoms with Gasteiger partial charge in [0.05, 0.1) is 11.4 Å². The Morgan fingerprint density at radius 1 is 1.03 bits per heavy atom. The fourth-order valence-corrected chi connectivity index (χ4v) is 6.54. The SMILES string of the molecule is Cc1cc(C)c(S(=O)(=O)N2CCC(C(=O)NCc3ccc(Cn4cncn4)cc3)CC2)c(C)c1. The van der Waals surface area contributed by atoms with E-state index < -0.39 is 10.0 Å². The van der Waals surface area contributed by atoms with Gasteiger partial charge in [0.1, 0.15) is 12.7 Å². The van der Waals surface area contributed by atoms with Crippen LogP contribution in [0.25, 0.3) is 0 Å². The van der Waals surface area contributed by atoms with Crippen LogP contribution in [-0.4, -0.2) is 46.5 Å². The van der Waals surface area contributed by atoms with Gasteiger partial charge < -0.3 is 5.32 Å². The summed E-state index contributed by atoms with van der Waals surface area (Å²) in [5.41, 5.74) is 4.71. The highest BCUT2D eigenvalue weighted by Gasteiger charge is 2.33. The average molecular weight is 482 g/mol. The number of piperidine rings is 1. The van der Waals surface area contributed by atoms with Crippen LogP contribution >= 0.6 is 0 Å². The number of amides is 1. The predicted molar refractivity (Wildman–Crippen MR) is 130 cm³/mol. The average Bonchev–Trinajstić information content (AvgIpc) is 3.30. The molecular weight excluding hydrogens is 450 g/mol. The van der Waals surface area contributed by atoms with Crippen LogP contribution in [0.5, 0.6) is 0 Å². The monoisotopic (exact) mass is 481 g/mol. The molecular formula is C25H31N5O3S. The van der Waals surface area contributed by atoms with Gasteiger partial charge in [-0.2, -0.15) is 9.40 Å². The quantitative estimate of drug-likeness (QED) is 0.560. The van der Waals surface area contributed by atoms with Gasteiger partial charge >= 0.3 is 0 Å². The molecule has 0 radical (unpaired) electrons. The van der Waals surface area contributed by atoms with Crippen LogP contribution in [0.3, 0.4) is 0 Å². The lowest BCUT2D eigenvalue weighted by Crippen LogP contribution is -2.43. The summed E-state index contributed by atoms with van der Waals surface area (Å²) in [6.45, 7) is 7.45. The zero-order valence-electron chi connectivity index (χ0n) is 19.9. The van der Waals surface area contributed by atoms with Crippen LogP contribution in [-0.2, 0) is 27.9 Å². The number of rotatable bonds is 7. The minimum absolute atomic E-state index is 0.0218. The summed E-state index contributed by atoms with van der Waals surface area (Å²) >= 11 is 0. The van der Waals surface area contributed by atoms with Gasteiger partial charge in [-0.25, -0.2) is 18.1 Å². The van der Waals surface area contributed by atoms with Gasteiger partial charge in [-0.1, -0.05) is 42.0 Å². The molecule has 1 saturated heterocycles. The summed E-state index contributed by atoms with van der Waals surface area (Å²) < 4.78 is 29.8. The molecule has 9 heteroatoms. The van der Waals surface area contributed by atoms with E-state index in [0.717, 1.165) is 27.8 Å². The largest absolute Gasteiger partial charge is 0.352 e. The number of aryl methyl sites for hydroxylation is 3. The van der Waals surface area contributed by atoms with E-state index >= 15 is 0 Å². The van der Waals surface area contributed by atoms with Crippen molar-refractivity contribution in [1.82, 2.24) is 24.4 Å². The molecule has 0 saturated carbocycles. The lowest BCUT2D eigenvalue weighted by molar-refractivity contribution is -0.126. The first-order chi connectivity index (χ1) is 16.2. The van der Waals surface area contributed by atoms with Crippen LogP contribution < -0.4 is 5.32 Å². The van der Waals surface area contributed by atoms with E-state index in [-0.39, 0.29) is 11.8 Å². The van der Waals surface area contributed by atoms with Crippen molar-refractivity contribution in [2.45, 2.75) is 51.6 Å². The number of carbonyl (C=O) groups excluding carboxylic acids is 1. The molecule has 2 heterocycles. The van der Waals surface area contributed by atoms with Crippen LogP contribution in [0.4, 0.5) is 0 Å². The number of nitrogens with zero attached hydrogens (tertiary/aromatic N) is 4. The molecule has 1 aliphatic heterocycles. The highest BCUT2D eigenvalue weighted by atomic mass is 32.2. The summed E-state index contributed by atoms with van der Waals surface area (Å²) in [7, 11) is -3.58. The second kappa shape index (κ2) is 10.1. The molecule has 0 bridgehead atoms. The smallest absolute Gasteiger partial charge is 0.243 e. The molecule has 0 spiro atoms. The standard InChI is InChI=1S/C25H31N5O3S/c1-18-12-19(2)24(20(3)13-18)34(32,33)30-10-8-23(9-11-30)25(31)27-14-21-4-6-22(7-5-21)15-29-17-26-16-28-29/h4-7,12-13,16-17,23H,8-11,14-15H2,1-3H3,(H,27,31). The van der Waals surface area contributed by atoms with Crippen molar-refractivity contribution in [2.24, 2.45) is 5.92 Å². The van der Waals surface area contributed by atoms with E-state index in [9.17, 15) is 13.2 Å². The third kappa shape index (κ3) is 5.37. The summed E-state index contributed by atoms with van der Waals surface area (Å²) in [5.74, 6) is -0.204. The molecule has 1 amide bonds. The van der Waals surface area contributed by atoms with Gasteiger partial charge in [-0.05, 0) is 55.9 Å². The fourth-order valence-electron chi connectivity index (χ4n) is 4.66. The number of hydrogen-bond donors (Lipinski definition) is 1. The zero-order chi connectivity index (χ0) is 24.3. The molecule has 1 aliphatic rings. The Bertz CT molecular complexity index is 1220. The Labute approximate surface area is 201 Å². The molecule has 4 rings (SSSR count). The number of aromatic nitrogens is 3. The molecule has 180 valence electrons. The molecule has 3 aromatic rings. The molecule has 1 fully saturated rings.